The Morgan fingerprint density at radius 1 is 0.491 bits per heavy atom. The highest BCUT2D eigenvalue weighted by Gasteiger charge is 2.36. The normalized spacial score (nSPS) is 13.6. The average Bonchev–Trinajstić information content (AvgIpc) is 3.61. The van der Waals surface area contributed by atoms with E-state index < -0.39 is 0 Å². The highest BCUT2D eigenvalue weighted by molar-refractivity contribution is 6.24. The minimum Gasteiger partial charge on any atom is -0.455 e. The molecule has 2 aromatic heterocycles. The Labute approximate surface area is 307 Å². The minimum absolute atomic E-state index is 0.104. The first-order valence-corrected chi connectivity index (χ1v) is 18.3. The van der Waals surface area contributed by atoms with Gasteiger partial charge in [0.2, 0.25) is 0 Å². The monoisotopic (exact) mass is 678 g/mol. The van der Waals surface area contributed by atoms with Crippen molar-refractivity contribution in [2.24, 2.45) is 0 Å². The lowest BCUT2D eigenvalue weighted by Gasteiger charge is -2.42. The molecule has 0 bridgehead atoms. The van der Waals surface area contributed by atoms with Crippen LogP contribution < -0.4 is 4.90 Å². The van der Waals surface area contributed by atoms with E-state index >= 15 is 0 Å². The Morgan fingerprint density at radius 3 is 1.89 bits per heavy atom. The number of anilines is 3. The van der Waals surface area contributed by atoms with Crippen molar-refractivity contribution in [2.45, 2.75) is 19.3 Å². The lowest BCUT2D eigenvalue weighted by atomic mass is 9.73. The van der Waals surface area contributed by atoms with Gasteiger partial charge in [-0.2, -0.15) is 0 Å². The fourth-order valence-electron chi connectivity index (χ4n) is 8.76. The van der Waals surface area contributed by atoms with E-state index in [1.54, 1.807) is 0 Å². The van der Waals surface area contributed by atoms with Crippen molar-refractivity contribution in [3.8, 4) is 22.5 Å². The van der Waals surface area contributed by atoms with Crippen LogP contribution in [0.4, 0.5) is 17.1 Å². The lowest BCUT2D eigenvalue weighted by Crippen LogP contribution is -2.30. The van der Waals surface area contributed by atoms with Crippen molar-refractivity contribution in [2.75, 3.05) is 4.90 Å². The molecule has 3 heteroatoms. The Morgan fingerprint density at radius 2 is 1.11 bits per heavy atom. The second-order valence-electron chi connectivity index (χ2n) is 14.8. The smallest absolute Gasteiger partial charge is 0.143 e. The summed E-state index contributed by atoms with van der Waals surface area (Å²) in [5, 5.41) is 9.18. The maximum Gasteiger partial charge on any atom is 0.143 e. The summed E-state index contributed by atoms with van der Waals surface area (Å²) in [4.78, 5) is 7.86. The largest absolute Gasteiger partial charge is 0.455 e. The predicted molar refractivity (Wildman–Crippen MR) is 222 cm³/mol. The van der Waals surface area contributed by atoms with Gasteiger partial charge in [0.25, 0.3) is 0 Å². The minimum atomic E-state index is -0.104. The average molecular weight is 679 g/mol. The third-order valence-corrected chi connectivity index (χ3v) is 11.4. The quantitative estimate of drug-likeness (QED) is 0.186. The molecule has 53 heavy (non-hydrogen) atoms. The zero-order valence-corrected chi connectivity index (χ0v) is 29.5. The van der Waals surface area contributed by atoms with E-state index in [2.05, 4.69) is 189 Å². The van der Waals surface area contributed by atoms with E-state index in [0.717, 1.165) is 66.3 Å². The van der Waals surface area contributed by atoms with Crippen molar-refractivity contribution in [1.29, 1.82) is 0 Å². The van der Waals surface area contributed by atoms with Gasteiger partial charge < -0.3 is 9.32 Å². The second kappa shape index (κ2) is 11.1. The van der Waals surface area contributed by atoms with E-state index in [0.29, 0.717) is 0 Å². The maximum absolute atomic E-state index is 6.65. The van der Waals surface area contributed by atoms with Gasteiger partial charge in [0.15, 0.2) is 0 Å². The molecule has 250 valence electrons. The van der Waals surface area contributed by atoms with Crippen LogP contribution in [0.3, 0.4) is 0 Å². The predicted octanol–water partition coefficient (Wildman–Crippen LogP) is 13.9. The Bertz CT molecular complexity index is 3050. The zero-order valence-electron chi connectivity index (χ0n) is 29.5. The summed E-state index contributed by atoms with van der Waals surface area (Å²) in [7, 11) is 0. The lowest BCUT2D eigenvalue weighted by molar-refractivity contribution is 0.632. The topological polar surface area (TPSA) is 29.3 Å². The zero-order chi connectivity index (χ0) is 35.3. The molecular weight excluding hydrogens is 645 g/mol. The van der Waals surface area contributed by atoms with Crippen molar-refractivity contribution in [3.63, 3.8) is 0 Å². The molecule has 0 saturated carbocycles. The van der Waals surface area contributed by atoms with Crippen LogP contribution in [0.25, 0.3) is 76.8 Å². The molecule has 0 aliphatic carbocycles. The first-order chi connectivity index (χ1) is 26.0. The molecule has 0 radical (unpaired) electrons. The first kappa shape index (κ1) is 30.0. The molecule has 1 aliphatic rings. The molecule has 0 fully saturated rings. The molecule has 0 atom stereocenters. The van der Waals surface area contributed by atoms with E-state index in [4.69, 9.17) is 9.40 Å². The molecule has 3 heterocycles. The number of hydrogen-bond acceptors (Lipinski definition) is 3. The van der Waals surface area contributed by atoms with Crippen LogP contribution in [0.1, 0.15) is 25.0 Å². The van der Waals surface area contributed by atoms with E-state index in [1.807, 2.05) is 0 Å². The molecule has 0 spiro atoms. The molecule has 1 aliphatic heterocycles. The molecule has 0 unspecified atom stereocenters. The molecule has 8 aromatic carbocycles. The standard InChI is InChI=1S/C50H34N2O/c1-50(2)41-15-7-9-17-44(41)52(45-18-10-8-16-42(45)50)36-24-21-33(22-25-36)43-30-40-38(48(51-43)35-20-19-31-11-3-4-13-34(31)29-35)27-28-46-47(40)39-26-23-32-12-5-6-14-37(32)49(39)53-46/h3-30H,1-2H3. The van der Waals surface area contributed by atoms with Crippen molar-refractivity contribution in [1.82, 2.24) is 4.98 Å². The number of para-hydroxylation sites is 2. The van der Waals surface area contributed by atoms with Gasteiger partial charge in [-0.3, -0.25) is 0 Å². The maximum atomic E-state index is 6.65. The van der Waals surface area contributed by atoms with Crippen molar-refractivity contribution < 1.29 is 4.42 Å². The van der Waals surface area contributed by atoms with Crippen LogP contribution in [0, 0.1) is 0 Å². The highest BCUT2D eigenvalue weighted by Crippen LogP contribution is 2.52. The van der Waals surface area contributed by atoms with Crippen molar-refractivity contribution >= 4 is 71.3 Å². The Kier molecular flexibility index (Phi) is 6.30. The Balaban J connectivity index is 1.13. The summed E-state index contributed by atoms with van der Waals surface area (Å²) in [6, 6.07) is 61.1. The number of nitrogens with zero attached hydrogens (tertiary/aromatic N) is 2. The summed E-state index contributed by atoms with van der Waals surface area (Å²) in [5.74, 6) is 0. The number of furan rings is 1. The van der Waals surface area contributed by atoms with Crippen LogP contribution in [0.15, 0.2) is 174 Å². The van der Waals surface area contributed by atoms with E-state index in [9.17, 15) is 0 Å². The SMILES string of the molecule is CC1(C)c2ccccc2N(c2ccc(-c3cc4c(ccc5oc6c7ccccc7ccc6c54)c(-c4ccc5ccccc5c4)n3)cc2)c2ccccc21. The number of benzene rings is 8. The number of fused-ring (bicyclic) bond motifs is 10. The summed E-state index contributed by atoms with van der Waals surface area (Å²) < 4.78 is 6.65. The number of aromatic nitrogens is 1. The molecule has 3 nitrogen and oxygen atoms in total. The van der Waals surface area contributed by atoms with E-state index in [1.165, 1.54) is 38.7 Å². The molecule has 11 rings (SSSR count). The summed E-state index contributed by atoms with van der Waals surface area (Å²) >= 11 is 0. The third-order valence-electron chi connectivity index (χ3n) is 11.4. The van der Waals surface area contributed by atoms with Gasteiger partial charge in [-0.05, 0) is 87.3 Å². The molecule has 0 saturated heterocycles. The van der Waals surface area contributed by atoms with Crippen LogP contribution in [0.5, 0.6) is 0 Å². The number of hydrogen-bond donors (Lipinski definition) is 0. The molecule has 10 aromatic rings. The molecule has 0 N–H and O–H groups in total. The second-order valence-corrected chi connectivity index (χ2v) is 14.8. The van der Waals surface area contributed by atoms with Crippen LogP contribution >= 0.6 is 0 Å². The van der Waals surface area contributed by atoms with Gasteiger partial charge in [0, 0.05) is 43.8 Å². The van der Waals surface area contributed by atoms with Crippen LogP contribution in [-0.2, 0) is 5.41 Å². The Hall–Kier alpha value is -6.71. The summed E-state index contributed by atoms with van der Waals surface area (Å²) in [6.45, 7) is 4.65. The number of rotatable bonds is 3. The van der Waals surface area contributed by atoms with Gasteiger partial charge >= 0.3 is 0 Å². The van der Waals surface area contributed by atoms with Gasteiger partial charge in [0.05, 0.1) is 22.8 Å². The summed E-state index contributed by atoms with van der Waals surface area (Å²) in [5.41, 5.74) is 11.9. The fourth-order valence-corrected chi connectivity index (χ4v) is 8.76. The first-order valence-electron chi connectivity index (χ1n) is 18.3. The van der Waals surface area contributed by atoms with Gasteiger partial charge in [-0.25, -0.2) is 4.98 Å². The summed E-state index contributed by atoms with van der Waals surface area (Å²) in [6.07, 6.45) is 0. The number of pyridine rings is 1. The van der Waals surface area contributed by atoms with Gasteiger partial charge in [0.1, 0.15) is 11.2 Å². The molecular formula is C50H34N2O. The highest BCUT2D eigenvalue weighted by atomic mass is 16.3. The van der Waals surface area contributed by atoms with E-state index in [-0.39, 0.29) is 5.41 Å². The fraction of sp³-hybridized carbons (Fsp3) is 0.0600. The van der Waals surface area contributed by atoms with Crippen molar-refractivity contribution in [3.05, 3.63) is 181 Å². The third kappa shape index (κ3) is 4.44. The van der Waals surface area contributed by atoms with Crippen LogP contribution in [0.2, 0.25) is 0 Å². The molecule has 0 amide bonds. The van der Waals surface area contributed by atoms with Gasteiger partial charge in [-0.15, -0.1) is 0 Å². The van der Waals surface area contributed by atoms with Crippen LogP contribution in [-0.4, -0.2) is 4.98 Å². The van der Waals surface area contributed by atoms with Gasteiger partial charge in [-0.1, -0.05) is 129 Å².